The summed E-state index contributed by atoms with van der Waals surface area (Å²) < 4.78 is 10.2. The molecule has 1 amide bonds. The Kier molecular flexibility index (Phi) is 4.84. The monoisotopic (exact) mass is 351 g/mol. The number of hydrogen-bond donors (Lipinski definition) is 1. The second kappa shape index (κ2) is 7.23. The average molecular weight is 351 g/mol. The van der Waals surface area contributed by atoms with Crippen LogP contribution < -0.4 is 10.9 Å². The summed E-state index contributed by atoms with van der Waals surface area (Å²) in [4.78, 5) is 36.5. The third-order valence-electron chi connectivity index (χ3n) is 3.80. The minimum atomic E-state index is -1.08. The van der Waals surface area contributed by atoms with Crippen molar-refractivity contribution >= 4 is 28.5 Å². The van der Waals surface area contributed by atoms with Crippen LogP contribution in [0.3, 0.4) is 0 Å². The molecule has 1 heterocycles. The summed E-state index contributed by atoms with van der Waals surface area (Å²) in [5.74, 6) is -1.40. The van der Waals surface area contributed by atoms with E-state index >= 15 is 0 Å². The van der Waals surface area contributed by atoms with Gasteiger partial charge in [-0.1, -0.05) is 30.3 Å². The summed E-state index contributed by atoms with van der Waals surface area (Å²) in [6, 6.07) is 15.5. The molecule has 26 heavy (non-hydrogen) atoms. The number of esters is 1. The van der Waals surface area contributed by atoms with Crippen molar-refractivity contribution in [2.75, 3.05) is 5.32 Å². The Morgan fingerprint density at radius 1 is 1.08 bits per heavy atom. The largest absolute Gasteiger partial charge is 0.449 e. The van der Waals surface area contributed by atoms with E-state index < -0.39 is 23.6 Å². The predicted molar refractivity (Wildman–Crippen MR) is 97.2 cm³/mol. The molecule has 0 unspecified atom stereocenters. The Morgan fingerprint density at radius 2 is 1.85 bits per heavy atom. The first-order valence-corrected chi connectivity index (χ1v) is 8.05. The molecule has 0 fully saturated rings. The van der Waals surface area contributed by atoms with Crippen molar-refractivity contribution in [3.8, 4) is 0 Å². The van der Waals surface area contributed by atoms with Gasteiger partial charge in [-0.15, -0.1) is 0 Å². The van der Waals surface area contributed by atoms with Gasteiger partial charge in [-0.25, -0.2) is 9.59 Å². The molecule has 3 rings (SSSR count). The van der Waals surface area contributed by atoms with Crippen molar-refractivity contribution in [3.05, 3.63) is 76.1 Å². The van der Waals surface area contributed by atoms with Gasteiger partial charge < -0.3 is 14.5 Å². The number of anilines is 1. The first kappa shape index (κ1) is 17.4. The van der Waals surface area contributed by atoms with Crippen LogP contribution in [-0.2, 0) is 9.53 Å². The van der Waals surface area contributed by atoms with E-state index in [1.54, 1.807) is 36.4 Å². The molecule has 0 aliphatic carbocycles. The van der Waals surface area contributed by atoms with Gasteiger partial charge in [0.05, 0.1) is 0 Å². The summed E-state index contributed by atoms with van der Waals surface area (Å²) in [5, 5.41) is 3.26. The Hall–Kier alpha value is -3.41. The number of amides is 1. The molecular weight excluding hydrogens is 334 g/mol. The van der Waals surface area contributed by atoms with Crippen LogP contribution in [-0.4, -0.2) is 18.0 Å². The topological polar surface area (TPSA) is 85.6 Å². The standard InChI is InChI=1S/C20H17NO5/c1-12-6-5-8-15(10-12)21-18(22)13(2)25-19(23)16-11-14-7-3-4-9-17(14)26-20(16)24/h3-11,13H,1-2H3,(H,21,22)/t13-/m0/s1. The lowest BCUT2D eigenvalue weighted by atomic mass is 10.2. The average Bonchev–Trinajstić information content (AvgIpc) is 2.61. The summed E-state index contributed by atoms with van der Waals surface area (Å²) >= 11 is 0. The lowest BCUT2D eigenvalue weighted by molar-refractivity contribution is -0.123. The highest BCUT2D eigenvalue weighted by atomic mass is 16.5. The van der Waals surface area contributed by atoms with Crippen LogP contribution >= 0.6 is 0 Å². The van der Waals surface area contributed by atoms with E-state index in [0.29, 0.717) is 16.7 Å². The van der Waals surface area contributed by atoms with Gasteiger partial charge in [0.1, 0.15) is 11.1 Å². The quantitative estimate of drug-likeness (QED) is 0.576. The highest BCUT2D eigenvalue weighted by Crippen LogP contribution is 2.14. The van der Waals surface area contributed by atoms with Crippen LogP contribution in [0.5, 0.6) is 0 Å². The van der Waals surface area contributed by atoms with Gasteiger partial charge in [-0.2, -0.15) is 0 Å². The van der Waals surface area contributed by atoms with E-state index in [9.17, 15) is 14.4 Å². The fourth-order valence-corrected chi connectivity index (χ4v) is 2.45. The van der Waals surface area contributed by atoms with Crippen molar-refractivity contribution in [2.24, 2.45) is 0 Å². The minimum Gasteiger partial charge on any atom is -0.449 e. The van der Waals surface area contributed by atoms with Gasteiger partial charge in [0.25, 0.3) is 5.91 Å². The number of para-hydroxylation sites is 1. The first-order valence-electron chi connectivity index (χ1n) is 8.05. The zero-order valence-electron chi connectivity index (χ0n) is 14.3. The van der Waals surface area contributed by atoms with Crippen molar-refractivity contribution in [1.29, 1.82) is 0 Å². The van der Waals surface area contributed by atoms with Gasteiger partial charge >= 0.3 is 11.6 Å². The van der Waals surface area contributed by atoms with Crippen LogP contribution in [0, 0.1) is 6.92 Å². The third kappa shape index (κ3) is 3.80. The highest BCUT2D eigenvalue weighted by Gasteiger charge is 2.22. The number of rotatable bonds is 4. The molecular formula is C20H17NO5. The number of carbonyl (C=O) groups excluding carboxylic acids is 2. The lowest BCUT2D eigenvalue weighted by Gasteiger charge is -2.13. The molecule has 132 valence electrons. The molecule has 3 aromatic rings. The molecule has 0 aliphatic rings. The van der Waals surface area contributed by atoms with Crippen LogP contribution in [0.25, 0.3) is 11.0 Å². The smallest absolute Gasteiger partial charge is 0.351 e. The van der Waals surface area contributed by atoms with Gasteiger partial charge in [0, 0.05) is 11.1 Å². The summed E-state index contributed by atoms with van der Waals surface area (Å²) in [6.07, 6.45) is -1.08. The maximum atomic E-state index is 12.3. The number of aryl methyl sites for hydroxylation is 1. The van der Waals surface area contributed by atoms with E-state index in [2.05, 4.69) is 5.32 Å². The van der Waals surface area contributed by atoms with Crippen LogP contribution in [0.15, 0.2) is 63.8 Å². The van der Waals surface area contributed by atoms with Crippen molar-refractivity contribution in [3.63, 3.8) is 0 Å². The normalized spacial score (nSPS) is 11.8. The molecule has 6 nitrogen and oxygen atoms in total. The number of ether oxygens (including phenoxy) is 1. The summed E-state index contributed by atoms with van der Waals surface area (Å²) in [6.45, 7) is 3.34. The number of carbonyl (C=O) groups is 2. The predicted octanol–water partition coefficient (Wildman–Crippen LogP) is 3.29. The molecule has 1 atom stereocenters. The van der Waals surface area contributed by atoms with E-state index in [-0.39, 0.29) is 5.56 Å². The molecule has 0 aliphatic heterocycles. The number of benzene rings is 2. The van der Waals surface area contributed by atoms with E-state index in [1.165, 1.54) is 13.0 Å². The Labute approximate surface area is 149 Å². The highest BCUT2D eigenvalue weighted by molar-refractivity contribution is 5.98. The SMILES string of the molecule is Cc1cccc(NC(=O)[C@H](C)OC(=O)c2cc3ccccc3oc2=O)c1. The molecule has 0 radical (unpaired) electrons. The van der Waals surface area contributed by atoms with Crippen LogP contribution in [0.2, 0.25) is 0 Å². The molecule has 2 aromatic carbocycles. The fraction of sp³-hybridized carbons (Fsp3) is 0.150. The molecule has 0 saturated heterocycles. The molecule has 1 N–H and O–H groups in total. The van der Waals surface area contributed by atoms with Crippen molar-refractivity contribution in [1.82, 2.24) is 0 Å². The molecule has 0 spiro atoms. The summed E-state index contributed by atoms with van der Waals surface area (Å²) in [7, 11) is 0. The zero-order valence-corrected chi connectivity index (χ0v) is 14.3. The second-order valence-electron chi connectivity index (χ2n) is 5.89. The maximum absolute atomic E-state index is 12.3. The van der Waals surface area contributed by atoms with Crippen molar-refractivity contribution in [2.45, 2.75) is 20.0 Å². The maximum Gasteiger partial charge on any atom is 0.351 e. The third-order valence-corrected chi connectivity index (χ3v) is 3.80. The van der Waals surface area contributed by atoms with E-state index in [1.807, 2.05) is 19.1 Å². The first-order chi connectivity index (χ1) is 12.4. The molecule has 1 aromatic heterocycles. The molecule has 0 saturated carbocycles. The van der Waals surface area contributed by atoms with E-state index in [0.717, 1.165) is 5.56 Å². The fourth-order valence-electron chi connectivity index (χ4n) is 2.45. The lowest BCUT2D eigenvalue weighted by Crippen LogP contribution is -2.31. The van der Waals surface area contributed by atoms with Gasteiger partial charge in [0.2, 0.25) is 0 Å². The number of fused-ring (bicyclic) bond motifs is 1. The van der Waals surface area contributed by atoms with Gasteiger partial charge in [-0.3, -0.25) is 4.79 Å². The number of hydrogen-bond acceptors (Lipinski definition) is 5. The van der Waals surface area contributed by atoms with Crippen LogP contribution in [0.4, 0.5) is 5.69 Å². The van der Waals surface area contributed by atoms with Crippen LogP contribution in [0.1, 0.15) is 22.8 Å². The second-order valence-corrected chi connectivity index (χ2v) is 5.89. The zero-order chi connectivity index (χ0) is 18.7. The Morgan fingerprint density at radius 3 is 2.62 bits per heavy atom. The number of nitrogens with one attached hydrogen (secondary N) is 1. The molecule has 0 bridgehead atoms. The minimum absolute atomic E-state index is 0.251. The molecule has 6 heteroatoms. The summed E-state index contributed by atoms with van der Waals surface area (Å²) in [5.41, 5.74) is 0.905. The Bertz CT molecular complexity index is 1040. The Balaban J connectivity index is 1.73. The van der Waals surface area contributed by atoms with Gasteiger partial charge in [0.15, 0.2) is 6.10 Å². The van der Waals surface area contributed by atoms with Gasteiger partial charge in [-0.05, 0) is 43.7 Å². The van der Waals surface area contributed by atoms with E-state index in [4.69, 9.17) is 9.15 Å². The van der Waals surface area contributed by atoms with Crippen molar-refractivity contribution < 1.29 is 18.7 Å².